The molecule has 2 heterocycles. The Kier molecular flexibility index (Phi) is 3.20. The Balaban J connectivity index is 2.10. The molecule has 0 saturated carbocycles. The van der Waals surface area contributed by atoms with Crippen molar-refractivity contribution in [2.45, 2.75) is 13.8 Å². The second-order valence-corrected chi connectivity index (χ2v) is 5.41. The van der Waals surface area contributed by atoms with Gasteiger partial charge in [-0.1, -0.05) is 0 Å². The third-order valence-corrected chi connectivity index (χ3v) is 4.08. The molecule has 1 aromatic carbocycles. The average Bonchev–Trinajstić information content (AvgIpc) is 2.85. The van der Waals surface area contributed by atoms with E-state index in [4.69, 9.17) is 0 Å². The smallest absolute Gasteiger partial charge is 0.116 e. The SMILES string of the molecule is Cc1cc(O)ccc1-c1cc(-c2scnc2C)ncn1. The Morgan fingerprint density at radius 1 is 1.00 bits per heavy atom. The van der Waals surface area contributed by atoms with Gasteiger partial charge in [0, 0.05) is 5.56 Å². The van der Waals surface area contributed by atoms with Crippen LogP contribution >= 0.6 is 11.3 Å². The van der Waals surface area contributed by atoms with Gasteiger partial charge in [-0.25, -0.2) is 15.0 Å². The van der Waals surface area contributed by atoms with Gasteiger partial charge in [0.15, 0.2) is 0 Å². The third-order valence-electron chi connectivity index (χ3n) is 3.13. The van der Waals surface area contributed by atoms with Crippen LogP contribution in [0.4, 0.5) is 0 Å². The molecule has 100 valence electrons. The van der Waals surface area contributed by atoms with E-state index in [0.717, 1.165) is 33.1 Å². The van der Waals surface area contributed by atoms with Crippen molar-refractivity contribution in [2.24, 2.45) is 0 Å². The zero-order valence-corrected chi connectivity index (χ0v) is 12.0. The first kappa shape index (κ1) is 12.7. The van der Waals surface area contributed by atoms with E-state index in [-0.39, 0.29) is 5.75 Å². The predicted molar refractivity (Wildman–Crippen MR) is 79.7 cm³/mol. The van der Waals surface area contributed by atoms with Crippen LogP contribution in [0.25, 0.3) is 21.8 Å². The first-order valence-corrected chi connectivity index (χ1v) is 7.05. The Labute approximate surface area is 120 Å². The lowest BCUT2D eigenvalue weighted by Gasteiger charge is -2.07. The van der Waals surface area contributed by atoms with Crippen molar-refractivity contribution in [3.63, 3.8) is 0 Å². The maximum absolute atomic E-state index is 9.49. The molecule has 3 rings (SSSR count). The zero-order chi connectivity index (χ0) is 14.1. The molecule has 0 atom stereocenters. The van der Waals surface area contributed by atoms with Gasteiger partial charge in [0.05, 0.1) is 27.5 Å². The molecule has 20 heavy (non-hydrogen) atoms. The molecule has 2 aromatic heterocycles. The van der Waals surface area contributed by atoms with Crippen molar-refractivity contribution < 1.29 is 5.11 Å². The standard InChI is InChI=1S/C15H13N3OS/c1-9-5-11(19)3-4-12(9)13-6-14(17-7-16-13)15-10(2)18-8-20-15/h3-8,19H,1-2H3. The summed E-state index contributed by atoms with van der Waals surface area (Å²) in [5.41, 5.74) is 6.49. The average molecular weight is 283 g/mol. The molecular weight excluding hydrogens is 270 g/mol. The molecule has 0 unspecified atom stereocenters. The lowest BCUT2D eigenvalue weighted by atomic mass is 10.0. The highest BCUT2D eigenvalue weighted by molar-refractivity contribution is 7.13. The molecule has 3 aromatic rings. The molecule has 0 aliphatic carbocycles. The fourth-order valence-corrected chi connectivity index (χ4v) is 2.88. The van der Waals surface area contributed by atoms with Gasteiger partial charge in [-0.15, -0.1) is 11.3 Å². The van der Waals surface area contributed by atoms with Gasteiger partial charge < -0.3 is 5.11 Å². The summed E-state index contributed by atoms with van der Waals surface area (Å²) in [7, 11) is 0. The summed E-state index contributed by atoms with van der Waals surface area (Å²) in [6.45, 7) is 3.92. The molecule has 5 heteroatoms. The summed E-state index contributed by atoms with van der Waals surface area (Å²) in [5.74, 6) is 0.263. The Morgan fingerprint density at radius 3 is 2.50 bits per heavy atom. The monoisotopic (exact) mass is 283 g/mol. The van der Waals surface area contributed by atoms with Crippen molar-refractivity contribution in [3.05, 3.63) is 47.4 Å². The number of hydrogen-bond donors (Lipinski definition) is 1. The molecule has 0 amide bonds. The summed E-state index contributed by atoms with van der Waals surface area (Å²) in [6.07, 6.45) is 1.57. The van der Waals surface area contributed by atoms with E-state index in [1.165, 1.54) is 0 Å². The van der Waals surface area contributed by atoms with E-state index in [2.05, 4.69) is 15.0 Å². The molecule has 0 bridgehead atoms. The lowest BCUT2D eigenvalue weighted by molar-refractivity contribution is 0.475. The number of rotatable bonds is 2. The zero-order valence-electron chi connectivity index (χ0n) is 11.2. The summed E-state index contributed by atoms with van der Waals surface area (Å²) in [4.78, 5) is 14.0. The van der Waals surface area contributed by atoms with Gasteiger partial charge in [-0.2, -0.15) is 0 Å². The van der Waals surface area contributed by atoms with Gasteiger partial charge in [0.2, 0.25) is 0 Å². The summed E-state index contributed by atoms with van der Waals surface area (Å²) >= 11 is 1.57. The number of thiazole rings is 1. The molecule has 1 N–H and O–H groups in total. The van der Waals surface area contributed by atoms with E-state index in [1.807, 2.05) is 31.5 Å². The normalized spacial score (nSPS) is 10.7. The number of phenolic OH excluding ortho intramolecular Hbond substituents is 1. The summed E-state index contributed by atoms with van der Waals surface area (Å²) in [5, 5.41) is 9.49. The Bertz CT molecular complexity index is 767. The minimum atomic E-state index is 0.263. The van der Waals surface area contributed by atoms with Gasteiger partial charge in [-0.3, -0.25) is 0 Å². The van der Waals surface area contributed by atoms with E-state index in [9.17, 15) is 5.11 Å². The molecular formula is C15H13N3OS. The highest BCUT2D eigenvalue weighted by atomic mass is 32.1. The van der Waals surface area contributed by atoms with Crippen molar-refractivity contribution in [1.29, 1.82) is 0 Å². The topological polar surface area (TPSA) is 58.9 Å². The van der Waals surface area contributed by atoms with Crippen LogP contribution in [0.1, 0.15) is 11.3 Å². The van der Waals surface area contributed by atoms with Crippen LogP contribution < -0.4 is 0 Å². The summed E-state index contributed by atoms with van der Waals surface area (Å²) in [6, 6.07) is 7.23. The van der Waals surface area contributed by atoms with E-state index in [1.54, 1.807) is 29.8 Å². The van der Waals surface area contributed by atoms with Crippen LogP contribution in [0.2, 0.25) is 0 Å². The van der Waals surface area contributed by atoms with Gasteiger partial charge in [0.1, 0.15) is 12.1 Å². The first-order valence-electron chi connectivity index (χ1n) is 6.17. The Hall–Kier alpha value is -2.27. The second-order valence-electron chi connectivity index (χ2n) is 4.55. The van der Waals surface area contributed by atoms with E-state index >= 15 is 0 Å². The first-order chi connectivity index (χ1) is 9.65. The van der Waals surface area contributed by atoms with Gasteiger partial charge in [-0.05, 0) is 43.7 Å². The van der Waals surface area contributed by atoms with Crippen molar-refractivity contribution in [3.8, 4) is 27.6 Å². The number of nitrogens with zero attached hydrogens (tertiary/aromatic N) is 3. The number of phenols is 1. The number of aromatic hydroxyl groups is 1. The fourth-order valence-electron chi connectivity index (χ4n) is 2.11. The lowest BCUT2D eigenvalue weighted by Crippen LogP contribution is -1.91. The van der Waals surface area contributed by atoms with Crippen LogP contribution in [0, 0.1) is 13.8 Å². The maximum Gasteiger partial charge on any atom is 0.116 e. The number of aromatic nitrogens is 3. The van der Waals surface area contributed by atoms with Gasteiger partial charge >= 0.3 is 0 Å². The maximum atomic E-state index is 9.49. The van der Waals surface area contributed by atoms with Crippen LogP contribution in [-0.4, -0.2) is 20.1 Å². The highest BCUT2D eigenvalue weighted by Gasteiger charge is 2.10. The van der Waals surface area contributed by atoms with Crippen LogP contribution in [0.3, 0.4) is 0 Å². The molecule has 4 nitrogen and oxygen atoms in total. The van der Waals surface area contributed by atoms with E-state index < -0.39 is 0 Å². The van der Waals surface area contributed by atoms with Crippen LogP contribution in [0.15, 0.2) is 36.1 Å². The molecule has 0 saturated heterocycles. The third kappa shape index (κ3) is 2.28. The second kappa shape index (κ2) is 5.02. The van der Waals surface area contributed by atoms with E-state index in [0.29, 0.717) is 0 Å². The molecule has 0 aliphatic heterocycles. The fraction of sp³-hybridized carbons (Fsp3) is 0.133. The van der Waals surface area contributed by atoms with Gasteiger partial charge in [0.25, 0.3) is 0 Å². The number of benzene rings is 1. The number of hydrogen-bond acceptors (Lipinski definition) is 5. The molecule has 0 fully saturated rings. The minimum absolute atomic E-state index is 0.263. The minimum Gasteiger partial charge on any atom is -0.508 e. The summed E-state index contributed by atoms with van der Waals surface area (Å²) < 4.78 is 0. The Morgan fingerprint density at radius 2 is 1.80 bits per heavy atom. The predicted octanol–water partition coefficient (Wildman–Crippen LogP) is 3.59. The van der Waals surface area contributed by atoms with Crippen molar-refractivity contribution in [1.82, 2.24) is 15.0 Å². The molecule has 0 aliphatic rings. The van der Waals surface area contributed by atoms with Crippen molar-refractivity contribution in [2.75, 3.05) is 0 Å². The highest BCUT2D eigenvalue weighted by Crippen LogP contribution is 2.30. The van der Waals surface area contributed by atoms with Crippen molar-refractivity contribution >= 4 is 11.3 Å². The van der Waals surface area contributed by atoms with Crippen LogP contribution in [-0.2, 0) is 0 Å². The molecule has 0 spiro atoms. The quantitative estimate of drug-likeness (QED) is 0.780. The van der Waals surface area contributed by atoms with Crippen LogP contribution in [0.5, 0.6) is 5.75 Å². The molecule has 0 radical (unpaired) electrons. The largest absolute Gasteiger partial charge is 0.508 e. The number of aryl methyl sites for hydroxylation is 2.